The molecule has 4 aliphatic carbocycles. The Morgan fingerprint density at radius 2 is 1.63 bits per heavy atom. The molecule has 2 nitrogen and oxygen atoms in total. The van der Waals surface area contributed by atoms with Gasteiger partial charge in [-0.2, -0.15) is 0 Å². The molecule has 4 bridgehead atoms. The second-order valence-corrected chi connectivity index (χ2v) is 8.15. The first kappa shape index (κ1) is 13.7. The molecular formula is C16H26ClNO. The molecule has 0 radical (unpaired) electrons. The van der Waals surface area contributed by atoms with E-state index in [1.165, 1.54) is 32.1 Å². The van der Waals surface area contributed by atoms with Gasteiger partial charge in [-0.3, -0.25) is 4.79 Å². The standard InChI is InChI=1S/C16H26ClNO/c1-16(2,3-4-17)18-15(19)14-12-6-10-5-11(8-12)9-13(14)7-10/h10-14H,3-9H2,1-2H3,(H,18,19). The van der Waals surface area contributed by atoms with Crippen LogP contribution in [0, 0.1) is 29.6 Å². The third kappa shape index (κ3) is 2.66. The van der Waals surface area contributed by atoms with Crippen molar-refractivity contribution in [1.82, 2.24) is 5.32 Å². The lowest BCUT2D eigenvalue weighted by Gasteiger charge is -2.54. The Morgan fingerprint density at radius 3 is 2.11 bits per heavy atom. The van der Waals surface area contributed by atoms with Crippen LogP contribution in [0.5, 0.6) is 0 Å². The molecule has 0 aliphatic heterocycles. The number of nitrogens with one attached hydrogen (secondary N) is 1. The fourth-order valence-electron chi connectivity index (χ4n) is 5.07. The van der Waals surface area contributed by atoms with Gasteiger partial charge in [-0.15, -0.1) is 11.6 Å². The zero-order chi connectivity index (χ0) is 13.6. The number of hydrogen-bond acceptors (Lipinski definition) is 1. The summed E-state index contributed by atoms with van der Waals surface area (Å²) in [7, 11) is 0. The first-order chi connectivity index (χ1) is 8.98. The van der Waals surface area contributed by atoms with E-state index >= 15 is 0 Å². The summed E-state index contributed by atoms with van der Waals surface area (Å²) < 4.78 is 0. The highest BCUT2D eigenvalue weighted by Crippen LogP contribution is 2.56. The van der Waals surface area contributed by atoms with Gasteiger partial charge in [0.2, 0.25) is 5.91 Å². The molecule has 4 aliphatic rings. The largest absolute Gasteiger partial charge is 0.351 e. The molecule has 0 aromatic rings. The molecule has 108 valence electrons. The molecule has 0 atom stereocenters. The predicted molar refractivity (Wildman–Crippen MR) is 78.1 cm³/mol. The summed E-state index contributed by atoms with van der Waals surface area (Å²) in [6.45, 7) is 4.17. The summed E-state index contributed by atoms with van der Waals surface area (Å²) in [5.74, 6) is 4.41. The van der Waals surface area contributed by atoms with Crippen LogP contribution in [0.2, 0.25) is 0 Å². The fraction of sp³-hybridized carbons (Fsp3) is 0.938. The van der Waals surface area contributed by atoms with Crippen LogP contribution in [0.1, 0.15) is 52.4 Å². The molecule has 0 heterocycles. The molecule has 0 saturated heterocycles. The zero-order valence-electron chi connectivity index (χ0n) is 12.1. The van der Waals surface area contributed by atoms with E-state index in [0.29, 0.717) is 29.5 Å². The van der Waals surface area contributed by atoms with E-state index in [0.717, 1.165) is 18.3 Å². The number of rotatable bonds is 4. The Kier molecular flexibility index (Phi) is 3.57. The Hall–Kier alpha value is -0.240. The van der Waals surface area contributed by atoms with Gasteiger partial charge in [-0.1, -0.05) is 0 Å². The van der Waals surface area contributed by atoms with Crippen LogP contribution in [-0.4, -0.2) is 17.3 Å². The highest BCUT2D eigenvalue weighted by Gasteiger charge is 2.51. The SMILES string of the molecule is CC(C)(CCCl)NC(=O)C1C2CC3CC(C2)CC1C3. The Balaban J connectivity index is 1.67. The second-order valence-electron chi connectivity index (χ2n) is 7.77. The average molecular weight is 284 g/mol. The van der Waals surface area contributed by atoms with Crippen LogP contribution in [0.15, 0.2) is 0 Å². The highest BCUT2D eigenvalue weighted by atomic mass is 35.5. The Morgan fingerprint density at radius 1 is 1.11 bits per heavy atom. The predicted octanol–water partition coefficient (Wildman–Crippen LogP) is 3.58. The van der Waals surface area contributed by atoms with Gasteiger partial charge in [0.15, 0.2) is 0 Å². The Labute approximate surface area is 121 Å². The lowest BCUT2D eigenvalue weighted by atomic mass is 9.51. The molecule has 0 aromatic heterocycles. The number of alkyl halides is 1. The van der Waals surface area contributed by atoms with Gasteiger partial charge in [0, 0.05) is 17.3 Å². The van der Waals surface area contributed by atoms with Gasteiger partial charge >= 0.3 is 0 Å². The summed E-state index contributed by atoms with van der Waals surface area (Å²) in [6, 6.07) is 0. The van der Waals surface area contributed by atoms with Crippen LogP contribution in [0.3, 0.4) is 0 Å². The second kappa shape index (κ2) is 4.95. The lowest BCUT2D eigenvalue weighted by molar-refractivity contribution is -0.139. The summed E-state index contributed by atoms with van der Waals surface area (Å²) in [4.78, 5) is 12.7. The average Bonchev–Trinajstić information content (AvgIpc) is 2.25. The minimum Gasteiger partial charge on any atom is -0.351 e. The van der Waals surface area contributed by atoms with E-state index in [1.54, 1.807) is 0 Å². The first-order valence-electron chi connectivity index (χ1n) is 7.86. The molecular weight excluding hydrogens is 258 g/mol. The van der Waals surface area contributed by atoms with E-state index in [2.05, 4.69) is 19.2 Å². The monoisotopic (exact) mass is 283 g/mol. The van der Waals surface area contributed by atoms with E-state index in [4.69, 9.17) is 11.6 Å². The highest BCUT2D eigenvalue weighted by molar-refractivity contribution is 6.17. The van der Waals surface area contributed by atoms with Crippen molar-refractivity contribution in [3.05, 3.63) is 0 Å². The number of carbonyl (C=O) groups is 1. The zero-order valence-corrected chi connectivity index (χ0v) is 12.9. The summed E-state index contributed by atoms with van der Waals surface area (Å²) in [5.41, 5.74) is -0.159. The molecule has 3 heteroatoms. The molecule has 0 spiro atoms. The molecule has 4 fully saturated rings. The quantitative estimate of drug-likeness (QED) is 0.785. The molecule has 0 aromatic carbocycles. The summed E-state index contributed by atoms with van der Waals surface area (Å²) >= 11 is 5.82. The van der Waals surface area contributed by atoms with Gasteiger partial charge in [-0.05, 0) is 76.0 Å². The topological polar surface area (TPSA) is 29.1 Å². The normalized spacial score (nSPS) is 40.5. The molecule has 4 saturated carbocycles. The van der Waals surface area contributed by atoms with Gasteiger partial charge in [-0.25, -0.2) is 0 Å². The molecule has 4 rings (SSSR count). The Bertz CT molecular complexity index is 338. The van der Waals surface area contributed by atoms with Crippen molar-refractivity contribution in [2.24, 2.45) is 29.6 Å². The number of halogens is 1. The van der Waals surface area contributed by atoms with Gasteiger partial charge in [0.25, 0.3) is 0 Å². The van der Waals surface area contributed by atoms with Gasteiger partial charge < -0.3 is 5.32 Å². The maximum atomic E-state index is 12.7. The van der Waals surface area contributed by atoms with Crippen molar-refractivity contribution in [3.63, 3.8) is 0 Å². The van der Waals surface area contributed by atoms with Crippen LogP contribution in [-0.2, 0) is 4.79 Å². The minimum atomic E-state index is -0.159. The van der Waals surface area contributed by atoms with Crippen molar-refractivity contribution < 1.29 is 4.79 Å². The maximum Gasteiger partial charge on any atom is 0.224 e. The first-order valence-corrected chi connectivity index (χ1v) is 8.40. The third-order valence-corrected chi connectivity index (χ3v) is 5.90. The van der Waals surface area contributed by atoms with E-state index in [-0.39, 0.29) is 5.54 Å². The number of amides is 1. The summed E-state index contributed by atoms with van der Waals surface area (Å²) in [6.07, 6.45) is 7.51. The number of hydrogen-bond donors (Lipinski definition) is 1. The van der Waals surface area contributed by atoms with Crippen LogP contribution >= 0.6 is 11.6 Å². The van der Waals surface area contributed by atoms with Crippen molar-refractivity contribution in [2.75, 3.05) is 5.88 Å². The minimum absolute atomic E-state index is 0.159. The third-order valence-electron chi connectivity index (χ3n) is 5.71. The van der Waals surface area contributed by atoms with Gasteiger partial charge in [0.05, 0.1) is 0 Å². The van der Waals surface area contributed by atoms with Crippen molar-refractivity contribution in [3.8, 4) is 0 Å². The summed E-state index contributed by atoms with van der Waals surface area (Å²) in [5, 5.41) is 3.26. The van der Waals surface area contributed by atoms with E-state index in [9.17, 15) is 4.79 Å². The van der Waals surface area contributed by atoms with Crippen molar-refractivity contribution in [2.45, 2.75) is 57.9 Å². The van der Waals surface area contributed by atoms with Crippen molar-refractivity contribution >= 4 is 17.5 Å². The van der Waals surface area contributed by atoms with Crippen LogP contribution in [0.4, 0.5) is 0 Å². The fourth-order valence-corrected chi connectivity index (χ4v) is 5.54. The van der Waals surface area contributed by atoms with E-state index in [1.807, 2.05) is 0 Å². The smallest absolute Gasteiger partial charge is 0.224 e. The van der Waals surface area contributed by atoms with Gasteiger partial charge in [0.1, 0.15) is 0 Å². The molecule has 19 heavy (non-hydrogen) atoms. The van der Waals surface area contributed by atoms with Crippen LogP contribution < -0.4 is 5.32 Å². The molecule has 1 amide bonds. The van der Waals surface area contributed by atoms with E-state index < -0.39 is 0 Å². The molecule has 0 unspecified atom stereocenters. The maximum absolute atomic E-state index is 12.7. The van der Waals surface area contributed by atoms with Crippen LogP contribution in [0.25, 0.3) is 0 Å². The number of carbonyl (C=O) groups excluding carboxylic acids is 1. The lowest BCUT2D eigenvalue weighted by Crippen LogP contribution is -2.54. The van der Waals surface area contributed by atoms with Crippen molar-refractivity contribution in [1.29, 1.82) is 0 Å². The molecule has 1 N–H and O–H groups in total.